The Balaban J connectivity index is 1.50. The number of ether oxygens (including phenoxy) is 1. The first-order valence-electron chi connectivity index (χ1n) is 9.79. The van der Waals surface area contributed by atoms with Crippen LogP contribution in [0.1, 0.15) is 30.9 Å². The van der Waals surface area contributed by atoms with E-state index in [9.17, 15) is 5.11 Å². The largest absolute Gasteiger partial charge is 0.496 e. The number of hydrogen-bond acceptors (Lipinski definition) is 3. The van der Waals surface area contributed by atoms with Gasteiger partial charge in [0, 0.05) is 48.8 Å². The van der Waals surface area contributed by atoms with Crippen LogP contribution in [0.15, 0.2) is 54.7 Å². The highest BCUT2D eigenvalue weighted by atomic mass is 16.5. The molecule has 1 aromatic heterocycles. The molecule has 0 radical (unpaired) electrons. The van der Waals surface area contributed by atoms with Crippen molar-refractivity contribution in [1.82, 2.24) is 9.47 Å². The molecule has 0 atom stereocenters. The minimum absolute atomic E-state index is 0.722. The number of piperidine rings is 1. The minimum Gasteiger partial charge on any atom is -0.496 e. The smallest absolute Gasteiger partial charge is 0.124 e. The number of aliphatic hydroxyl groups is 1. The van der Waals surface area contributed by atoms with Crippen LogP contribution in [0.4, 0.5) is 0 Å². The molecule has 4 nitrogen and oxygen atoms in total. The summed E-state index contributed by atoms with van der Waals surface area (Å²) in [5.41, 5.74) is 2.78. The number of para-hydroxylation sites is 2. The molecule has 4 heteroatoms. The van der Waals surface area contributed by atoms with Crippen LogP contribution in [0.25, 0.3) is 10.9 Å². The molecule has 0 saturated carbocycles. The maximum atomic E-state index is 11.2. The predicted octanol–water partition coefficient (Wildman–Crippen LogP) is 4.15. The van der Waals surface area contributed by atoms with Crippen LogP contribution >= 0.6 is 0 Å². The van der Waals surface area contributed by atoms with Crippen molar-refractivity contribution in [2.24, 2.45) is 0 Å². The lowest BCUT2D eigenvalue weighted by molar-refractivity contribution is -0.0291. The van der Waals surface area contributed by atoms with E-state index in [0.29, 0.717) is 0 Å². The van der Waals surface area contributed by atoms with E-state index in [-0.39, 0.29) is 0 Å². The van der Waals surface area contributed by atoms with E-state index in [1.807, 2.05) is 24.3 Å². The molecule has 1 aliphatic rings. The zero-order chi connectivity index (χ0) is 18.9. The van der Waals surface area contributed by atoms with Crippen LogP contribution < -0.4 is 4.74 Å². The monoisotopic (exact) mass is 364 g/mol. The average molecular weight is 364 g/mol. The number of aromatic nitrogens is 1. The molecule has 0 spiro atoms. The van der Waals surface area contributed by atoms with E-state index in [0.717, 1.165) is 50.3 Å². The van der Waals surface area contributed by atoms with Gasteiger partial charge in [-0.15, -0.1) is 0 Å². The molecule has 3 aromatic rings. The molecular formula is C23H28N2O2. The Labute approximate surface area is 161 Å². The second kappa shape index (κ2) is 7.37. The maximum Gasteiger partial charge on any atom is 0.124 e. The van der Waals surface area contributed by atoms with Gasteiger partial charge in [-0.1, -0.05) is 36.4 Å². The third kappa shape index (κ3) is 3.35. The molecule has 2 aromatic carbocycles. The molecule has 1 N–H and O–H groups in total. The van der Waals surface area contributed by atoms with Crippen LogP contribution in [0.3, 0.4) is 0 Å². The SMILES string of the molecule is CCn1cc(CN2CCC(O)(c3ccccc3OC)CC2)c2ccccc21. The van der Waals surface area contributed by atoms with Crippen molar-refractivity contribution in [3.05, 3.63) is 65.9 Å². The van der Waals surface area contributed by atoms with E-state index < -0.39 is 5.60 Å². The maximum absolute atomic E-state index is 11.2. The molecule has 0 aliphatic carbocycles. The Hall–Kier alpha value is -2.30. The van der Waals surface area contributed by atoms with Crippen molar-refractivity contribution < 1.29 is 9.84 Å². The van der Waals surface area contributed by atoms with E-state index in [1.165, 1.54) is 16.5 Å². The number of fused-ring (bicyclic) bond motifs is 1. The Morgan fingerprint density at radius 1 is 1.04 bits per heavy atom. The average Bonchev–Trinajstić information content (AvgIpc) is 3.07. The van der Waals surface area contributed by atoms with Crippen molar-refractivity contribution >= 4 is 10.9 Å². The van der Waals surface area contributed by atoms with E-state index in [4.69, 9.17) is 4.74 Å². The van der Waals surface area contributed by atoms with Crippen LogP contribution in [0.2, 0.25) is 0 Å². The Morgan fingerprint density at radius 3 is 2.48 bits per heavy atom. The molecular weight excluding hydrogens is 336 g/mol. The topological polar surface area (TPSA) is 37.6 Å². The first-order chi connectivity index (χ1) is 13.1. The van der Waals surface area contributed by atoms with Gasteiger partial charge >= 0.3 is 0 Å². The number of methoxy groups -OCH3 is 1. The van der Waals surface area contributed by atoms with Gasteiger partial charge in [0.15, 0.2) is 0 Å². The first kappa shape index (κ1) is 18.1. The summed E-state index contributed by atoms with van der Waals surface area (Å²) in [6.45, 7) is 5.84. The molecule has 0 amide bonds. The van der Waals surface area contributed by atoms with Crippen molar-refractivity contribution in [3.8, 4) is 5.75 Å². The van der Waals surface area contributed by atoms with Crippen LogP contribution in [-0.2, 0) is 18.7 Å². The number of rotatable bonds is 5. The van der Waals surface area contributed by atoms with Gasteiger partial charge in [0.25, 0.3) is 0 Å². The highest BCUT2D eigenvalue weighted by Gasteiger charge is 2.36. The van der Waals surface area contributed by atoms with Gasteiger partial charge in [0.05, 0.1) is 12.7 Å². The van der Waals surface area contributed by atoms with Gasteiger partial charge in [0.1, 0.15) is 5.75 Å². The molecule has 2 heterocycles. The molecule has 27 heavy (non-hydrogen) atoms. The number of hydrogen-bond donors (Lipinski definition) is 1. The zero-order valence-corrected chi connectivity index (χ0v) is 16.2. The Bertz CT molecular complexity index is 923. The van der Waals surface area contributed by atoms with Crippen molar-refractivity contribution in [3.63, 3.8) is 0 Å². The van der Waals surface area contributed by atoms with E-state index in [1.54, 1.807) is 7.11 Å². The summed E-state index contributed by atoms with van der Waals surface area (Å²) in [5, 5.41) is 12.6. The van der Waals surface area contributed by atoms with Gasteiger partial charge in [-0.2, -0.15) is 0 Å². The summed E-state index contributed by atoms with van der Waals surface area (Å²) >= 11 is 0. The third-order valence-corrected chi connectivity index (χ3v) is 5.90. The summed E-state index contributed by atoms with van der Waals surface area (Å²) < 4.78 is 7.79. The van der Waals surface area contributed by atoms with Crippen LogP contribution in [0, 0.1) is 0 Å². The second-order valence-corrected chi connectivity index (χ2v) is 7.47. The molecule has 1 saturated heterocycles. The fourth-order valence-corrected chi connectivity index (χ4v) is 4.33. The van der Waals surface area contributed by atoms with Crippen LogP contribution in [0.5, 0.6) is 5.75 Å². The van der Waals surface area contributed by atoms with Crippen molar-refractivity contribution in [2.75, 3.05) is 20.2 Å². The molecule has 142 valence electrons. The minimum atomic E-state index is -0.805. The molecule has 0 bridgehead atoms. The molecule has 1 fully saturated rings. The fourth-order valence-electron chi connectivity index (χ4n) is 4.33. The summed E-state index contributed by atoms with van der Waals surface area (Å²) in [6.07, 6.45) is 3.73. The lowest BCUT2D eigenvalue weighted by atomic mass is 9.84. The number of benzene rings is 2. The standard InChI is InChI=1S/C23H28N2O2/c1-3-25-17-18(19-8-4-6-10-21(19)25)16-24-14-12-23(26,13-15-24)20-9-5-7-11-22(20)27-2/h4-11,17,26H,3,12-16H2,1-2H3. The summed E-state index contributed by atoms with van der Waals surface area (Å²) in [5.74, 6) is 0.777. The van der Waals surface area contributed by atoms with Gasteiger partial charge in [0.2, 0.25) is 0 Å². The number of nitrogens with zero attached hydrogens (tertiary/aromatic N) is 2. The Morgan fingerprint density at radius 2 is 1.74 bits per heavy atom. The normalized spacial score (nSPS) is 17.3. The molecule has 0 unspecified atom stereocenters. The number of likely N-dealkylation sites (tertiary alicyclic amines) is 1. The first-order valence-corrected chi connectivity index (χ1v) is 9.79. The van der Waals surface area contributed by atoms with Crippen molar-refractivity contribution in [1.29, 1.82) is 0 Å². The van der Waals surface area contributed by atoms with Crippen molar-refractivity contribution in [2.45, 2.75) is 38.5 Å². The zero-order valence-electron chi connectivity index (χ0n) is 16.2. The highest BCUT2D eigenvalue weighted by Crippen LogP contribution is 2.38. The lowest BCUT2D eigenvalue weighted by Crippen LogP contribution is -2.42. The summed E-state index contributed by atoms with van der Waals surface area (Å²) in [4.78, 5) is 2.45. The number of aryl methyl sites for hydroxylation is 1. The van der Waals surface area contributed by atoms with Crippen LogP contribution in [-0.4, -0.2) is 34.8 Å². The van der Waals surface area contributed by atoms with Gasteiger partial charge in [-0.3, -0.25) is 4.90 Å². The fraction of sp³-hybridized carbons (Fsp3) is 0.391. The quantitative estimate of drug-likeness (QED) is 0.739. The third-order valence-electron chi connectivity index (χ3n) is 5.90. The second-order valence-electron chi connectivity index (χ2n) is 7.47. The van der Waals surface area contributed by atoms with E-state index >= 15 is 0 Å². The molecule has 1 aliphatic heterocycles. The molecule has 4 rings (SSSR count). The summed E-state index contributed by atoms with van der Waals surface area (Å²) in [6, 6.07) is 16.5. The van der Waals surface area contributed by atoms with Gasteiger partial charge in [-0.25, -0.2) is 0 Å². The van der Waals surface area contributed by atoms with E-state index in [2.05, 4.69) is 46.9 Å². The predicted molar refractivity (Wildman–Crippen MR) is 109 cm³/mol. The summed E-state index contributed by atoms with van der Waals surface area (Å²) in [7, 11) is 1.67. The van der Waals surface area contributed by atoms with Gasteiger partial charge < -0.3 is 14.4 Å². The highest BCUT2D eigenvalue weighted by molar-refractivity contribution is 5.83. The lowest BCUT2D eigenvalue weighted by Gasteiger charge is -2.39. The Kier molecular flexibility index (Phi) is 4.94. The van der Waals surface area contributed by atoms with Gasteiger partial charge in [-0.05, 0) is 37.5 Å².